The summed E-state index contributed by atoms with van der Waals surface area (Å²) in [7, 11) is 1.81. The van der Waals surface area contributed by atoms with Crippen LogP contribution in [0.2, 0.25) is 0 Å². The second kappa shape index (κ2) is 6.03. The van der Waals surface area contributed by atoms with Crippen molar-refractivity contribution >= 4 is 0 Å². The van der Waals surface area contributed by atoms with Crippen LogP contribution in [0.25, 0.3) is 0 Å². The zero-order valence-electron chi connectivity index (χ0n) is 10.9. The van der Waals surface area contributed by atoms with E-state index in [0.29, 0.717) is 12.4 Å². The van der Waals surface area contributed by atoms with Crippen molar-refractivity contribution in [2.75, 3.05) is 6.61 Å². The molecule has 1 N–H and O–H groups in total. The van der Waals surface area contributed by atoms with Crippen LogP contribution in [0.3, 0.4) is 0 Å². The smallest absolute Gasteiger partial charge is 0.164 e. The first-order valence-corrected chi connectivity index (χ1v) is 5.86. The Balaban J connectivity index is 2.17. The summed E-state index contributed by atoms with van der Waals surface area (Å²) >= 11 is 0. The van der Waals surface area contributed by atoms with Gasteiger partial charge in [0.2, 0.25) is 0 Å². The fraction of sp³-hybridized carbons (Fsp3) is 0.286. The van der Waals surface area contributed by atoms with E-state index >= 15 is 0 Å². The molecule has 0 aliphatic heterocycles. The molecule has 1 heterocycles. The normalized spacial score (nSPS) is 9.84. The fourth-order valence-electron chi connectivity index (χ4n) is 1.60. The van der Waals surface area contributed by atoms with Gasteiger partial charge >= 0.3 is 0 Å². The molecule has 98 valence electrons. The average Bonchev–Trinajstić information content (AvgIpc) is 2.81. The molecule has 0 bridgehead atoms. The van der Waals surface area contributed by atoms with Gasteiger partial charge in [-0.25, -0.2) is 4.98 Å². The number of hydrogen-bond donors (Lipinski definition) is 1. The Hall–Kier alpha value is -2.32. The molecule has 19 heavy (non-hydrogen) atoms. The molecular formula is C14H15N3O2. The molecule has 2 aromatic rings. The van der Waals surface area contributed by atoms with E-state index in [-0.39, 0.29) is 6.61 Å². The maximum absolute atomic E-state index is 8.77. The number of nitrogens with zero attached hydrogens (tertiary/aromatic N) is 3. The van der Waals surface area contributed by atoms with E-state index < -0.39 is 0 Å². The quantitative estimate of drug-likeness (QED) is 0.835. The van der Waals surface area contributed by atoms with Crippen molar-refractivity contribution in [2.24, 2.45) is 7.05 Å². The van der Waals surface area contributed by atoms with Gasteiger partial charge in [0.25, 0.3) is 0 Å². The van der Waals surface area contributed by atoms with Gasteiger partial charge in [-0.3, -0.25) is 4.68 Å². The monoisotopic (exact) mass is 257 g/mol. The lowest BCUT2D eigenvalue weighted by Crippen LogP contribution is -2.05. The van der Waals surface area contributed by atoms with Gasteiger partial charge in [-0.15, -0.1) is 0 Å². The first-order valence-electron chi connectivity index (χ1n) is 5.86. The Kier molecular flexibility index (Phi) is 4.16. The lowest BCUT2D eigenvalue weighted by Gasteiger charge is -2.08. The molecule has 0 atom stereocenters. The number of aromatic nitrogens is 3. The highest BCUT2D eigenvalue weighted by molar-refractivity contribution is 5.48. The zero-order valence-corrected chi connectivity index (χ0v) is 10.9. The van der Waals surface area contributed by atoms with E-state index in [1.165, 1.54) is 6.33 Å². The summed E-state index contributed by atoms with van der Waals surface area (Å²) in [6, 6.07) is 5.75. The predicted octanol–water partition coefficient (Wildman–Crippen LogP) is 1.05. The molecule has 0 saturated heterocycles. The molecule has 1 aromatic heterocycles. The van der Waals surface area contributed by atoms with Crippen molar-refractivity contribution in [3.63, 3.8) is 0 Å². The van der Waals surface area contributed by atoms with E-state index in [1.807, 2.05) is 32.2 Å². The van der Waals surface area contributed by atoms with Crippen molar-refractivity contribution in [1.29, 1.82) is 0 Å². The molecule has 5 heteroatoms. The Morgan fingerprint density at radius 3 is 2.95 bits per heavy atom. The van der Waals surface area contributed by atoms with E-state index in [4.69, 9.17) is 9.84 Å². The number of benzene rings is 1. The molecule has 5 nitrogen and oxygen atoms in total. The van der Waals surface area contributed by atoms with Gasteiger partial charge in [-0.1, -0.05) is 17.9 Å². The van der Waals surface area contributed by atoms with Crippen LogP contribution < -0.4 is 4.74 Å². The lowest BCUT2D eigenvalue weighted by molar-refractivity contribution is 0.289. The third-order valence-corrected chi connectivity index (χ3v) is 2.60. The molecule has 0 amide bonds. The van der Waals surface area contributed by atoms with Crippen LogP contribution in [-0.2, 0) is 13.7 Å². The summed E-state index contributed by atoms with van der Waals surface area (Å²) in [5.41, 5.74) is 1.85. The zero-order chi connectivity index (χ0) is 13.7. The van der Waals surface area contributed by atoms with Crippen LogP contribution in [-0.4, -0.2) is 26.5 Å². The Morgan fingerprint density at radius 1 is 1.42 bits per heavy atom. The summed E-state index contributed by atoms with van der Waals surface area (Å²) in [6.45, 7) is 2.14. The van der Waals surface area contributed by atoms with Gasteiger partial charge in [0.1, 0.15) is 25.3 Å². The molecule has 0 unspecified atom stereocenters. The van der Waals surface area contributed by atoms with Gasteiger partial charge in [0.05, 0.1) is 5.56 Å². The fourth-order valence-corrected chi connectivity index (χ4v) is 1.60. The van der Waals surface area contributed by atoms with Crippen LogP contribution in [0.4, 0.5) is 0 Å². The molecule has 0 fully saturated rings. The van der Waals surface area contributed by atoms with Gasteiger partial charge in [0.15, 0.2) is 5.82 Å². The molecule has 0 aliphatic rings. The number of ether oxygens (including phenoxy) is 1. The average molecular weight is 257 g/mol. The van der Waals surface area contributed by atoms with E-state index in [9.17, 15) is 0 Å². The maximum atomic E-state index is 8.77. The number of aryl methyl sites for hydroxylation is 2. The minimum atomic E-state index is -0.170. The Labute approximate surface area is 111 Å². The Bertz CT molecular complexity index is 623. The highest BCUT2D eigenvalue weighted by Crippen LogP contribution is 2.20. The molecule has 0 saturated carbocycles. The Morgan fingerprint density at radius 2 is 2.26 bits per heavy atom. The molecule has 0 spiro atoms. The van der Waals surface area contributed by atoms with Crippen LogP contribution in [0.15, 0.2) is 24.5 Å². The summed E-state index contributed by atoms with van der Waals surface area (Å²) in [5, 5.41) is 12.7. The standard InChI is InChI=1S/C14H15N3O2/c1-11-5-6-13(12(8-11)4-3-7-18)19-9-14-15-10-16-17(14)2/h5-6,8,10,18H,7,9H2,1-2H3. The summed E-state index contributed by atoms with van der Waals surface area (Å²) < 4.78 is 7.37. The third kappa shape index (κ3) is 3.33. The number of rotatable bonds is 3. The molecule has 0 radical (unpaired) electrons. The number of aliphatic hydroxyl groups excluding tert-OH is 1. The third-order valence-electron chi connectivity index (χ3n) is 2.60. The van der Waals surface area contributed by atoms with Gasteiger partial charge in [-0.2, -0.15) is 5.10 Å². The minimum Gasteiger partial charge on any atom is -0.484 e. The van der Waals surface area contributed by atoms with Crippen molar-refractivity contribution in [2.45, 2.75) is 13.5 Å². The first kappa shape index (κ1) is 13.1. The minimum absolute atomic E-state index is 0.170. The van der Waals surface area contributed by atoms with E-state index in [0.717, 1.165) is 17.0 Å². The first-order chi connectivity index (χ1) is 9.20. The second-order valence-corrected chi connectivity index (χ2v) is 4.05. The molecule has 2 rings (SSSR count). The highest BCUT2D eigenvalue weighted by atomic mass is 16.5. The van der Waals surface area contributed by atoms with Crippen molar-refractivity contribution in [3.05, 3.63) is 41.5 Å². The molecular weight excluding hydrogens is 242 g/mol. The van der Waals surface area contributed by atoms with E-state index in [1.54, 1.807) is 4.68 Å². The number of hydrogen-bond acceptors (Lipinski definition) is 4. The van der Waals surface area contributed by atoms with Gasteiger partial charge < -0.3 is 9.84 Å². The maximum Gasteiger partial charge on any atom is 0.164 e. The SMILES string of the molecule is Cc1ccc(OCc2ncnn2C)c(C#CCO)c1. The van der Waals surface area contributed by atoms with Gasteiger partial charge in [0, 0.05) is 7.05 Å². The van der Waals surface area contributed by atoms with Crippen molar-refractivity contribution < 1.29 is 9.84 Å². The molecule has 1 aromatic carbocycles. The molecule has 0 aliphatic carbocycles. The van der Waals surface area contributed by atoms with Crippen molar-refractivity contribution in [1.82, 2.24) is 14.8 Å². The van der Waals surface area contributed by atoms with Crippen molar-refractivity contribution in [3.8, 4) is 17.6 Å². The second-order valence-electron chi connectivity index (χ2n) is 4.05. The predicted molar refractivity (Wildman–Crippen MR) is 70.5 cm³/mol. The topological polar surface area (TPSA) is 60.2 Å². The largest absolute Gasteiger partial charge is 0.484 e. The van der Waals surface area contributed by atoms with Crippen LogP contribution >= 0.6 is 0 Å². The summed E-state index contributed by atoms with van der Waals surface area (Å²) in [5.74, 6) is 6.92. The van der Waals surface area contributed by atoms with Gasteiger partial charge in [-0.05, 0) is 24.6 Å². The van der Waals surface area contributed by atoms with E-state index in [2.05, 4.69) is 21.9 Å². The van der Waals surface area contributed by atoms with Crippen LogP contribution in [0.5, 0.6) is 5.75 Å². The van der Waals surface area contributed by atoms with Crippen LogP contribution in [0, 0.1) is 18.8 Å². The summed E-state index contributed by atoms with van der Waals surface area (Å²) in [4.78, 5) is 4.09. The van der Waals surface area contributed by atoms with Crippen LogP contribution in [0.1, 0.15) is 17.0 Å². The lowest BCUT2D eigenvalue weighted by atomic mass is 10.1. The number of aliphatic hydroxyl groups is 1. The summed E-state index contributed by atoms with van der Waals surface area (Å²) in [6.07, 6.45) is 1.49. The highest BCUT2D eigenvalue weighted by Gasteiger charge is 2.05.